The Hall–Kier alpha value is -1.80. The second-order valence-electron chi connectivity index (χ2n) is 5.59. The standard InChI is InChI=1S/C15H22N6OS/c1-2-3-6-23-15-17-13(16)7-14(18-15)21-5-4-11-10(8-21)12(9-22)20-19-11/h7,22H,2-6,8-9H2,1H3,(H,19,20)(H2,16,17,18). The van der Waals surface area contributed by atoms with E-state index in [-0.39, 0.29) is 6.61 Å². The van der Waals surface area contributed by atoms with Gasteiger partial charge in [0.1, 0.15) is 11.6 Å². The molecule has 7 nitrogen and oxygen atoms in total. The van der Waals surface area contributed by atoms with Gasteiger partial charge >= 0.3 is 0 Å². The topological polar surface area (TPSA) is 104 Å². The maximum Gasteiger partial charge on any atom is 0.191 e. The minimum absolute atomic E-state index is 0.0519. The van der Waals surface area contributed by atoms with E-state index in [1.807, 2.05) is 6.07 Å². The monoisotopic (exact) mass is 334 g/mol. The first kappa shape index (κ1) is 16.1. The summed E-state index contributed by atoms with van der Waals surface area (Å²) in [7, 11) is 0. The van der Waals surface area contributed by atoms with E-state index in [1.54, 1.807) is 11.8 Å². The van der Waals surface area contributed by atoms with Gasteiger partial charge in [-0.05, 0) is 6.42 Å². The van der Waals surface area contributed by atoms with Crippen molar-refractivity contribution in [2.24, 2.45) is 0 Å². The highest BCUT2D eigenvalue weighted by atomic mass is 32.2. The van der Waals surface area contributed by atoms with Crippen molar-refractivity contribution < 1.29 is 5.11 Å². The van der Waals surface area contributed by atoms with Crippen LogP contribution in [0, 0.1) is 0 Å². The Morgan fingerprint density at radius 3 is 3.09 bits per heavy atom. The number of aromatic amines is 1. The van der Waals surface area contributed by atoms with Crippen molar-refractivity contribution in [1.29, 1.82) is 0 Å². The lowest BCUT2D eigenvalue weighted by Crippen LogP contribution is -2.31. The summed E-state index contributed by atoms with van der Waals surface area (Å²) in [5, 5.41) is 17.3. The second-order valence-corrected chi connectivity index (χ2v) is 6.65. The van der Waals surface area contributed by atoms with E-state index >= 15 is 0 Å². The molecule has 0 radical (unpaired) electrons. The number of nitrogens with one attached hydrogen (secondary N) is 1. The van der Waals surface area contributed by atoms with Crippen molar-refractivity contribution in [2.75, 3.05) is 22.9 Å². The van der Waals surface area contributed by atoms with E-state index in [2.05, 4.69) is 32.0 Å². The molecule has 3 rings (SSSR count). The zero-order chi connectivity index (χ0) is 16.2. The molecule has 1 aliphatic rings. The lowest BCUT2D eigenvalue weighted by molar-refractivity contribution is 0.275. The van der Waals surface area contributed by atoms with Gasteiger partial charge in [0.05, 0.1) is 12.3 Å². The normalized spacial score (nSPS) is 14.1. The molecule has 0 aromatic carbocycles. The summed E-state index contributed by atoms with van der Waals surface area (Å²) in [5.41, 5.74) is 8.83. The van der Waals surface area contributed by atoms with Gasteiger partial charge in [-0.25, -0.2) is 9.97 Å². The molecule has 2 aromatic rings. The summed E-state index contributed by atoms with van der Waals surface area (Å²) in [6, 6.07) is 1.81. The number of anilines is 2. The zero-order valence-corrected chi connectivity index (χ0v) is 14.1. The summed E-state index contributed by atoms with van der Waals surface area (Å²) in [6.45, 7) is 3.64. The number of thioether (sulfide) groups is 1. The fourth-order valence-electron chi connectivity index (χ4n) is 2.65. The molecular formula is C15H22N6OS. The molecule has 8 heteroatoms. The van der Waals surface area contributed by atoms with Crippen molar-refractivity contribution in [3.8, 4) is 0 Å². The van der Waals surface area contributed by atoms with E-state index in [1.165, 1.54) is 0 Å². The lowest BCUT2D eigenvalue weighted by Gasteiger charge is -2.28. The molecule has 0 spiro atoms. The number of H-pyrrole nitrogens is 1. The molecule has 0 atom stereocenters. The number of nitrogens with two attached hydrogens (primary N) is 1. The van der Waals surface area contributed by atoms with Gasteiger partial charge in [-0.3, -0.25) is 5.10 Å². The van der Waals surface area contributed by atoms with Gasteiger partial charge in [0, 0.05) is 42.6 Å². The van der Waals surface area contributed by atoms with Gasteiger partial charge in [0.15, 0.2) is 5.16 Å². The number of hydrogen-bond acceptors (Lipinski definition) is 7. The number of nitrogen functional groups attached to an aromatic ring is 1. The smallest absolute Gasteiger partial charge is 0.191 e. The van der Waals surface area contributed by atoms with Crippen LogP contribution in [0.2, 0.25) is 0 Å². The van der Waals surface area contributed by atoms with Gasteiger partial charge < -0.3 is 15.7 Å². The Morgan fingerprint density at radius 1 is 1.43 bits per heavy atom. The SMILES string of the molecule is CCCCSc1nc(N)cc(N2CCc3[nH]nc(CO)c3C2)n1. The van der Waals surface area contributed by atoms with Crippen LogP contribution in [0.4, 0.5) is 11.6 Å². The third kappa shape index (κ3) is 3.59. The fraction of sp³-hybridized carbons (Fsp3) is 0.533. The summed E-state index contributed by atoms with van der Waals surface area (Å²) in [6.07, 6.45) is 3.15. The molecule has 4 N–H and O–H groups in total. The molecule has 0 aliphatic carbocycles. The molecule has 0 bridgehead atoms. The maximum atomic E-state index is 9.40. The maximum absolute atomic E-state index is 9.40. The number of aliphatic hydroxyl groups is 1. The number of fused-ring (bicyclic) bond motifs is 1. The van der Waals surface area contributed by atoms with Crippen molar-refractivity contribution in [1.82, 2.24) is 20.2 Å². The number of aromatic nitrogens is 4. The molecule has 0 saturated carbocycles. The predicted octanol–water partition coefficient (Wildman–Crippen LogP) is 1.73. The van der Waals surface area contributed by atoms with E-state index in [4.69, 9.17) is 5.73 Å². The van der Waals surface area contributed by atoms with Crippen LogP contribution in [0.15, 0.2) is 11.2 Å². The Bertz CT molecular complexity index is 660. The van der Waals surface area contributed by atoms with Crippen LogP contribution in [0.25, 0.3) is 0 Å². The Labute approximate surface area is 139 Å². The highest BCUT2D eigenvalue weighted by molar-refractivity contribution is 7.99. The van der Waals surface area contributed by atoms with E-state index in [0.29, 0.717) is 18.1 Å². The first-order chi connectivity index (χ1) is 11.2. The van der Waals surface area contributed by atoms with Gasteiger partial charge in [0.2, 0.25) is 0 Å². The van der Waals surface area contributed by atoms with Gasteiger partial charge in [-0.1, -0.05) is 25.1 Å². The van der Waals surface area contributed by atoms with Gasteiger partial charge in [0.25, 0.3) is 0 Å². The summed E-state index contributed by atoms with van der Waals surface area (Å²) >= 11 is 1.64. The van der Waals surface area contributed by atoms with E-state index in [0.717, 1.165) is 53.8 Å². The molecule has 0 unspecified atom stereocenters. The summed E-state index contributed by atoms with van der Waals surface area (Å²) < 4.78 is 0. The minimum atomic E-state index is -0.0519. The van der Waals surface area contributed by atoms with Crippen LogP contribution >= 0.6 is 11.8 Å². The molecule has 0 fully saturated rings. The molecule has 23 heavy (non-hydrogen) atoms. The van der Waals surface area contributed by atoms with Crippen molar-refractivity contribution in [3.63, 3.8) is 0 Å². The summed E-state index contributed by atoms with van der Waals surface area (Å²) in [4.78, 5) is 11.1. The van der Waals surface area contributed by atoms with Crippen molar-refractivity contribution in [2.45, 2.75) is 44.5 Å². The third-order valence-electron chi connectivity index (χ3n) is 3.93. The van der Waals surface area contributed by atoms with Crippen LogP contribution in [-0.4, -0.2) is 37.6 Å². The highest BCUT2D eigenvalue weighted by Gasteiger charge is 2.23. The van der Waals surface area contributed by atoms with Crippen LogP contribution in [-0.2, 0) is 19.6 Å². The van der Waals surface area contributed by atoms with Crippen molar-refractivity contribution in [3.05, 3.63) is 23.0 Å². The lowest BCUT2D eigenvalue weighted by atomic mass is 10.1. The molecule has 1 aliphatic heterocycles. The minimum Gasteiger partial charge on any atom is -0.390 e. The number of rotatable bonds is 6. The van der Waals surface area contributed by atoms with Gasteiger partial charge in [-0.15, -0.1) is 0 Å². The average Bonchev–Trinajstić information content (AvgIpc) is 2.97. The van der Waals surface area contributed by atoms with E-state index < -0.39 is 0 Å². The number of unbranched alkanes of at least 4 members (excludes halogenated alkanes) is 1. The van der Waals surface area contributed by atoms with Crippen LogP contribution < -0.4 is 10.6 Å². The number of aliphatic hydroxyl groups excluding tert-OH is 1. The largest absolute Gasteiger partial charge is 0.390 e. The Balaban J connectivity index is 1.79. The quantitative estimate of drug-likeness (QED) is 0.420. The summed E-state index contributed by atoms with van der Waals surface area (Å²) in [5.74, 6) is 2.33. The van der Waals surface area contributed by atoms with Crippen molar-refractivity contribution >= 4 is 23.4 Å². The Morgan fingerprint density at radius 2 is 2.30 bits per heavy atom. The van der Waals surface area contributed by atoms with Crippen LogP contribution in [0.3, 0.4) is 0 Å². The third-order valence-corrected chi connectivity index (χ3v) is 4.87. The number of hydrogen-bond donors (Lipinski definition) is 3. The Kier molecular flexibility index (Phi) is 5.02. The van der Waals surface area contributed by atoms with Crippen LogP contribution in [0.1, 0.15) is 36.7 Å². The fourth-order valence-corrected chi connectivity index (χ4v) is 3.59. The molecule has 2 aromatic heterocycles. The second kappa shape index (κ2) is 7.18. The van der Waals surface area contributed by atoms with Gasteiger partial charge in [-0.2, -0.15) is 5.10 Å². The first-order valence-corrected chi connectivity index (χ1v) is 8.88. The van der Waals surface area contributed by atoms with Crippen LogP contribution in [0.5, 0.6) is 0 Å². The first-order valence-electron chi connectivity index (χ1n) is 7.89. The zero-order valence-electron chi connectivity index (χ0n) is 13.2. The highest BCUT2D eigenvalue weighted by Crippen LogP contribution is 2.27. The molecule has 124 valence electrons. The predicted molar refractivity (Wildman–Crippen MR) is 91.3 cm³/mol. The molecule has 0 amide bonds. The molecule has 0 saturated heterocycles. The van der Waals surface area contributed by atoms with E-state index in [9.17, 15) is 5.11 Å². The average molecular weight is 334 g/mol. The molecular weight excluding hydrogens is 312 g/mol. The number of nitrogens with zero attached hydrogens (tertiary/aromatic N) is 4. The molecule has 3 heterocycles.